The number of halogens is 1. The van der Waals surface area contributed by atoms with E-state index in [1.807, 2.05) is 32.9 Å². The molecule has 1 aromatic rings. The summed E-state index contributed by atoms with van der Waals surface area (Å²) in [5.41, 5.74) is -0.443. The van der Waals surface area contributed by atoms with Crippen molar-refractivity contribution >= 4 is 27.8 Å². The van der Waals surface area contributed by atoms with Gasteiger partial charge in [0.05, 0.1) is 6.04 Å². The van der Waals surface area contributed by atoms with Crippen LogP contribution in [0.15, 0.2) is 22.8 Å². The van der Waals surface area contributed by atoms with Crippen LogP contribution in [0.25, 0.3) is 0 Å². The zero-order valence-electron chi connectivity index (χ0n) is 11.3. The normalized spacial score (nSPS) is 15.9. The molecule has 0 aromatic carbocycles. The summed E-state index contributed by atoms with van der Waals surface area (Å²) in [4.78, 5) is 17.6. The number of pyridine rings is 1. The summed E-state index contributed by atoms with van der Waals surface area (Å²) in [6, 6.07) is 4.02. The van der Waals surface area contributed by atoms with E-state index in [0.717, 1.165) is 10.3 Å². The molecule has 0 saturated carbocycles. The van der Waals surface area contributed by atoms with Crippen LogP contribution in [0.5, 0.6) is 0 Å². The van der Waals surface area contributed by atoms with Crippen LogP contribution in [0.3, 0.4) is 0 Å². The predicted molar refractivity (Wildman–Crippen MR) is 77.2 cm³/mol. The first-order valence-corrected chi connectivity index (χ1v) is 6.99. The number of anilines is 1. The first-order valence-electron chi connectivity index (χ1n) is 6.19. The molecule has 0 spiro atoms. The smallest absolute Gasteiger partial charge is 0.410 e. The summed E-state index contributed by atoms with van der Waals surface area (Å²) in [6.45, 7) is 6.88. The third-order valence-electron chi connectivity index (χ3n) is 2.61. The highest BCUT2D eigenvalue weighted by atomic mass is 79.9. The second kappa shape index (κ2) is 5.36. The monoisotopic (exact) mass is 327 g/mol. The zero-order chi connectivity index (χ0) is 14.0. The van der Waals surface area contributed by atoms with Crippen LogP contribution >= 0.6 is 15.9 Å². The summed E-state index contributed by atoms with van der Waals surface area (Å²) in [7, 11) is 0. The molecule has 0 aliphatic carbocycles. The fourth-order valence-corrected chi connectivity index (χ4v) is 2.07. The largest absolute Gasteiger partial charge is 0.444 e. The molecule has 1 aliphatic heterocycles. The fourth-order valence-electron chi connectivity index (χ4n) is 1.74. The van der Waals surface area contributed by atoms with Crippen molar-refractivity contribution in [2.75, 3.05) is 18.4 Å². The van der Waals surface area contributed by atoms with Gasteiger partial charge in [0.15, 0.2) is 0 Å². The molecule has 1 aromatic heterocycles. The minimum Gasteiger partial charge on any atom is -0.444 e. The summed E-state index contributed by atoms with van der Waals surface area (Å²) in [6.07, 6.45) is 1.48. The third-order valence-corrected chi connectivity index (χ3v) is 3.10. The molecule has 19 heavy (non-hydrogen) atoms. The first-order chi connectivity index (χ1) is 8.83. The number of ether oxygens (including phenoxy) is 1. The van der Waals surface area contributed by atoms with Gasteiger partial charge >= 0.3 is 6.09 Å². The molecule has 1 amide bonds. The van der Waals surface area contributed by atoms with Gasteiger partial charge in [-0.2, -0.15) is 0 Å². The van der Waals surface area contributed by atoms with Gasteiger partial charge in [0, 0.05) is 23.8 Å². The predicted octanol–water partition coefficient (Wildman–Crippen LogP) is 2.88. The van der Waals surface area contributed by atoms with Gasteiger partial charge in [0.25, 0.3) is 0 Å². The number of amides is 1. The van der Waals surface area contributed by atoms with Crippen LogP contribution in [-0.4, -0.2) is 40.7 Å². The van der Waals surface area contributed by atoms with Crippen LogP contribution in [0.4, 0.5) is 10.6 Å². The van der Waals surface area contributed by atoms with E-state index in [-0.39, 0.29) is 12.1 Å². The number of nitrogens with one attached hydrogen (secondary N) is 1. The van der Waals surface area contributed by atoms with Crippen molar-refractivity contribution < 1.29 is 9.53 Å². The van der Waals surface area contributed by atoms with Crippen LogP contribution in [0.2, 0.25) is 0 Å². The quantitative estimate of drug-likeness (QED) is 0.907. The maximum absolute atomic E-state index is 11.7. The SMILES string of the molecule is CC(C)(C)OC(=O)N1CC(Nc2cc(Br)ccn2)C1. The zero-order valence-corrected chi connectivity index (χ0v) is 12.9. The average Bonchev–Trinajstić information content (AvgIpc) is 2.20. The molecule has 104 valence electrons. The van der Waals surface area contributed by atoms with Crippen molar-refractivity contribution in [1.82, 2.24) is 9.88 Å². The highest BCUT2D eigenvalue weighted by molar-refractivity contribution is 9.10. The number of aromatic nitrogens is 1. The molecule has 2 rings (SSSR count). The lowest BCUT2D eigenvalue weighted by molar-refractivity contribution is 0.0104. The summed E-state index contributed by atoms with van der Waals surface area (Å²) in [5.74, 6) is 0.809. The number of carbonyl (C=O) groups is 1. The average molecular weight is 328 g/mol. The Balaban J connectivity index is 1.79. The maximum Gasteiger partial charge on any atom is 0.410 e. The molecule has 0 radical (unpaired) electrons. The Bertz CT molecular complexity index is 467. The van der Waals surface area contributed by atoms with Crippen molar-refractivity contribution in [2.45, 2.75) is 32.4 Å². The standard InChI is InChI=1S/C13H18BrN3O2/c1-13(2,3)19-12(18)17-7-10(8-17)16-11-6-9(14)4-5-15-11/h4-6,10H,7-8H2,1-3H3,(H,15,16). The van der Waals surface area contributed by atoms with E-state index in [0.29, 0.717) is 13.1 Å². The van der Waals surface area contributed by atoms with E-state index in [9.17, 15) is 4.79 Å². The molecule has 5 nitrogen and oxygen atoms in total. The van der Waals surface area contributed by atoms with Gasteiger partial charge in [-0.3, -0.25) is 0 Å². The van der Waals surface area contributed by atoms with Crippen molar-refractivity contribution in [1.29, 1.82) is 0 Å². The van der Waals surface area contributed by atoms with Gasteiger partial charge in [-0.05, 0) is 32.9 Å². The number of nitrogens with zero attached hydrogens (tertiary/aromatic N) is 2. The van der Waals surface area contributed by atoms with Crippen LogP contribution in [0.1, 0.15) is 20.8 Å². The highest BCUT2D eigenvalue weighted by Crippen LogP contribution is 2.19. The van der Waals surface area contributed by atoms with Crippen molar-refractivity contribution in [2.24, 2.45) is 0 Å². The maximum atomic E-state index is 11.7. The topological polar surface area (TPSA) is 54.5 Å². The van der Waals surface area contributed by atoms with E-state index >= 15 is 0 Å². The van der Waals surface area contributed by atoms with Gasteiger partial charge < -0.3 is 15.0 Å². The number of hydrogen-bond acceptors (Lipinski definition) is 4. The van der Waals surface area contributed by atoms with Crippen molar-refractivity contribution in [3.8, 4) is 0 Å². The molecule has 1 saturated heterocycles. The molecule has 2 heterocycles. The number of likely N-dealkylation sites (tertiary alicyclic amines) is 1. The van der Waals surface area contributed by atoms with E-state index in [4.69, 9.17) is 4.74 Å². The first kappa shape index (κ1) is 14.1. The van der Waals surface area contributed by atoms with Crippen molar-refractivity contribution in [3.63, 3.8) is 0 Å². The Kier molecular flexibility index (Phi) is 3.99. The molecule has 1 fully saturated rings. The van der Waals surface area contributed by atoms with Gasteiger partial charge in [0.1, 0.15) is 11.4 Å². The van der Waals surface area contributed by atoms with Gasteiger partial charge in [-0.15, -0.1) is 0 Å². The van der Waals surface area contributed by atoms with E-state index in [2.05, 4.69) is 26.2 Å². The molecule has 6 heteroatoms. The lowest BCUT2D eigenvalue weighted by atomic mass is 10.1. The van der Waals surface area contributed by atoms with E-state index in [1.54, 1.807) is 11.1 Å². The molecule has 1 N–H and O–H groups in total. The summed E-state index contributed by atoms with van der Waals surface area (Å²) >= 11 is 3.40. The molecular formula is C13H18BrN3O2. The Labute approximate surface area is 121 Å². The lowest BCUT2D eigenvalue weighted by Crippen LogP contribution is -2.58. The van der Waals surface area contributed by atoms with Crippen LogP contribution < -0.4 is 5.32 Å². The number of carbonyl (C=O) groups excluding carboxylic acids is 1. The van der Waals surface area contributed by atoms with Crippen LogP contribution in [0, 0.1) is 0 Å². The minimum absolute atomic E-state index is 0.231. The number of hydrogen-bond donors (Lipinski definition) is 1. The van der Waals surface area contributed by atoms with Crippen LogP contribution in [-0.2, 0) is 4.74 Å². The third kappa shape index (κ3) is 4.09. The summed E-state index contributed by atoms with van der Waals surface area (Å²) < 4.78 is 6.28. The Hall–Kier alpha value is -1.30. The lowest BCUT2D eigenvalue weighted by Gasteiger charge is -2.40. The Morgan fingerprint density at radius 1 is 1.53 bits per heavy atom. The second-order valence-electron chi connectivity index (χ2n) is 5.59. The molecular weight excluding hydrogens is 310 g/mol. The highest BCUT2D eigenvalue weighted by Gasteiger charge is 2.33. The fraction of sp³-hybridized carbons (Fsp3) is 0.538. The molecule has 0 atom stereocenters. The molecule has 1 aliphatic rings. The molecule has 0 unspecified atom stereocenters. The second-order valence-corrected chi connectivity index (χ2v) is 6.50. The minimum atomic E-state index is -0.443. The summed E-state index contributed by atoms with van der Waals surface area (Å²) in [5, 5.41) is 3.28. The number of rotatable bonds is 2. The van der Waals surface area contributed by atoms with Gasteiger partial charge in [-0.1, -0.05) is 15.9 Å². The van der Waals surface area contributed by atoms with Gasteiger partial charge in [-0.25, -0.2) is 9.78 Å². The van der Waals surface area contributed by atoms with Crippen molar-refractivity contribution in [3.05, 3.63) is 22.8 Å². The Morgan fingerprint density at radius 3 is 2.79 bits per heavy atom. The Morgan fingerprint density at radius 2 is 2.21 bits per heavy atom. The van der Waals surface area contributed by atoms with Gasteiger partial charge in [0.2, 0.25) is 0 Å². The molecule has 0 bridgehead atoms. The van der Waals surface area contributed by atoms with E-state index in [1.165, 1.54) is 0 Å². The van der Waals surface area contributed by atoms with E-state index < -0.39 is 5.60 Å².